The van der Waals surface area contributed by atoms with E-state index in [-0.39, 0.29) is 10.7 Å². The van der Waals surface area contributed by atoms with Gasteiger partial charge in [-0.1, -0.05) is 20.8 Å². The average molecular weight is 408 g/mol. The smallest absolute Gasteiger partial charge is 0.235 e. The lowest BCUT2D eigenvalue weighted by molar-refractivity contribution is 0.194. The molecule has 2 fully saturated rings. The van der Waals surface area contributed by atoms with Crippen LogP contribution in [0, 0.1) is 5.92 Å². The maximum atomic E-state index is 13.5. The molecule has 5 nitrogen and oxygen atoms in total. The fourth-order valence-corrected chi connectivity index (χ4v) is 5.52. The summed E-state index contributed by atoms with van der Waals surface area (Å²) in [7, 11) is -3.29. The molecule has 28 heavy (non-hydrogen) atoms. The Balaban J connectivity index is 1.66. The first-order valence-electron chi connectivity index (χ1n) is 10.3. The van der Waals surface area contributed by atoms with Crippen LogP contribution in [0.5, 0.6) is 0 Å². The van der Waals surface area contributed by atoms with E-state index >= 15 is 0 Å². The molecule has 1 aromatic carbocycles. The third kappa shape index (κ3) is 4.04. The van der Waals surface area contributed by atoms with Gasteiger partial charge in [0.25, 0.3) is 0 Å². The van der Waals surface area contributed by atoms with E-state index in [4.69, 9.17) is 4.98 Å². The Hall–Kier alpha value is -1.63. The molecule has 1 N–H and O–H groups in total. The van der Waals surface area contributed by atoms with Gasteiger partial charge < -0.3 is 4.57 Å². The third-order valence-electron chi connectivity index (χ3n) is 5.86. The molecule has 2 aliphatic rings. The Labute approximate surface area is 166 Å². The number of aromatic nitrogens is 2. The second-order valence-corrected chi connectivity index (χ2v) is 11.4. The molecule has 0 saturated heterocycles. The van der Waals surface area contributed by atoms with Gasteiger partial charge in [-0.2, -0.15) is 0 Å². The van der Waals surface area contributed by atoms with Gasteiger partial charge in [-0.05, 0) is 62.6 Å². The van der Waals surface area contributed by atoms with Crippen molar-refractivity contribution in [1.29, 1.82) is 0 Å². The Kier molecular flexibility index (Phi) is 4.92. The summed E-state index contributed by atoms with van der Waals surface area (Å²) in [6.07, 6.45) is 3.93. The van der Waals surface area contributed by atoms with Crippen LogP contribution in [0.15, 0.2) is 18.2 Å². The molecule has 154 valence electrons. The highest BCUT2D eigenvalue weighted by atomic mass is 32.2. The molecule has 0 radical (unpaired) electrons. The molecule has 7 heteroatoms. The Morgan fingerprint density at radius 1 is 1.14 bits per heavy atom. The van der Waals surface area contributed by atoms with Crippen molar-refractivity contribution in [2.75, 3.05) is 4.72 Å². The number of hydrogen-bond acceptors (Lipinski definition) is 3. The van der Waals surface area contributed by atoms with Crippen molar-refractivity contribution in [2.45, 2.75) is 82.7 Å². The molecule has 0 aliphatic heterocycles. The molecular weight excluding hydrogens is 377 g/mol. The molecule has 0 amide bonds. The number of hydrogen-bond donors (Lipinski definition) is 1. The van der Waals surface area contributed by atoms with Crippen LogP contribution in [0.3, 0.4) is 0 Å². The molecule has 2 aliphatic carbocycles. The molecule has 0 spiro atoms. The first-order chi connectivity index (χ1) is 13.1. The van der Waals surface area contributed by atoms with E-state index in [0.717, 1.165) is 49.1 Å². The van der Waals surface area contributed by atoms with Gasteiger partial charge in [0.05, 0.1) is 22.0 Å². The highest BCUT2D eigenvalue weighted by molar-refractivity contribution is 7.93. The van der Waals surface area contributed by atoms with Gasteiger partial charge in [-0.25, -0.2) is 17.8 Å². The van der Waals surface area contributed by atoms with Crippen molar-refractivity contribution in [3.05, 3.63) is 24.0 Å². The standard InChI is InChI=1S/C21H30FN3O2S/c1-21(2,3)20-23-18-12-16(24-28(26,27)17-9-10-17)8-11-19(18)25(20)13-14-4-6-15(22)7-5-14/h8,11-12,14-15,17,24H,4-7,9-10,13H2,1-3H3. The van der Waals surface area contributed by atoms with E-state index < -0.39 is 16.2 Å². The van der Waals surface area contributed by atoms with E-state index in [1.807, 2.05) is 18.2 Å². The van der Waals surface area contributed by atoms with E-state index in [9.17, 15) is 12.8 Å². The first-order valence-corrected chi connectivity index (χ1v) is 11.8. The lowest BCUT2D eigenvalue weighted by Crippen LogP contribution is -2.24. The number of nitrogens with one attached hydrogen (secondary N) is 1. The van der Waals surface area contributed by atoms with Gasteiger partial charge in [-0.15, -0.1) is 0 Å². The summed E-state index contributed by atoms with van der Waals surface area (Å²) in [6, 6.07) is 5.62. The van der Waals surface area contributed by atoms with E-state index in [1.165, 1.54) is 0 Å². The van der Waals surface area contributed by atoms with Crippen molar-refractivity contribution in [3.63, 3.8) is 0 Å². The third-order valence-corrected chi connectivity index (χ3v) is 7.73. The molecule has 0 unspecified atom stereocenters. The molecule has 0 bridgehead atoms. The summed E-state index contributed by atoms with van der Waals surface area (Å²) < 4.78 is 43.0. The number of anilines is 1. The maximum Gasteiger partial charge on any atom is 0.235 e. The van der Waals surface area contributed by atoms with Crippen molar-refractivity contribution in [2.24, 2.45) is 5.92 Å². The number of halogens is 1. The molecule has 1 aromatic heterocycles. The van der Waals surface area contributed by atoms with E-state index in [2.05, 4.69) is 30.1 Å². The van der Waals surface area contributed by atoms with E-state index in [1.54, 1.807) is 0 Å². The minimum atomic E-state index is -3.29. The number of fused-ring (bicyclic) bond motifs is 1. The van der Waals surface area contributed by atoms with Crippen molar-refractivity contribution < 1.29 is 12.8 Å². The monoisotopic (exact) mass is 407 g/mol. The van der Waals surface area contributed by atoms with Crippen LogP contribution >= 0.6 is 0 Å². The minimum Gasteiger partial charge on any atom is -0.327 e. The van der Waals surface area contributed by atoms with Crippen molar-refractivity contribution >= 4 is 26.7 Å². The number of benzene rings is 1. The van der Waals surface area contributed by atoms with Crippen LogP contribution in [0.2, 0.25) is 0 Å². The molecular formula is C21H30FN3O2S. The SMILES string of the molecule is CC(C)(C)c1nc2cc(NS(=O)(=O)C3CC3)ccc2n1CC1CCC(F)CC1. The van der Waals surface area contributed by atoms with Gasteiger partial charge in [0.1, 0.15) is 12.0 Å². The van der Waals surface area contributed by atoms with Crippen LogP contribution in [0.4, 0.5) is 10.1 Å². The number of sulfonamides is 1. The van der Waals surface area contributed by atoms with Crippen LogP contribution in [-0.4, -0.2) is 29.4 Å². The van der Waals surface area contributed by atoms with Crippen LogP contribution in [0.25, 0.3) is 11.0 Å². The zero-order valence-electron chi connectivity index (χ0n) is 16.9. The quantitative estimate of drug-likeness (QED) is 0.777. The molecule has 2 saturated carbocycles. The van der Waals surface area contributed by atoms with Crippen LogP contribution in [0.1, 0.15) is 65.1 Å². The molecule has 0 atom stereocenters. The van der Waals surface area contributed by atoms with Gasteiger partial charge >= 0.3 is 0 Å². The maximum absolute atomic E-state index is 13.5. The predicted octanol–water partition coefficient (Wildman–Crippen LogP) is 4.77. The van der Waals surface area contributed by atoms with Gasteiger partial charge in [0.2, 0.25) is 10.0 Å². The second-order valence-electron chi connectivity index (χ2n) is 9.46. The largest absolute Gasteiger partial charge is 0.327 e. The fraction of sp³-hybridized carbons (Fsp3) is 0.667. The van der Waals surface area contributed by atoms with Crippen LogP contribution < -0.4 is 4.72 Å². The van der Waals surface area contributed by atoms with Gasteiger partial charge in [0.15, 0.2) is 0 Å². The van der Waals surface area contributed by atoms with Gasteiger partial charge in [-0.3, -0.25) is 4.72 Å². The van der Waals surface area contributed by atoms with E-state index in [0.29, 0.717) is 24.4 Å². The highest BCUT2D eigenvalue weighted by Gasteiger charge is 2.36. The first kappa shape index (κ1) is 19.7. The summed E-state index contributed by atoms with van der Waals surface area (Å²) in [5.41, 5.74) is 2.26. The van der Waals surface area contributed by atoms with Crippen molar-refractivity contribution in [3.8, 4) is 0 Å². The minimum absolute atomic E-state index is 0.135. The fourth-order valence-electron chi connectivity index (χ4n) is 4.14. The zero-order chi connectivity index (χ0) is 20.1. The van der Waals surface area contributed by atoms with Gasteiger partial charge in [0, 0.05) is 12.0 Å². The molecule has 1 heterocycles. The topological polar surface area (TPSA) is 64.0 Å². The lowest BCUT2D eigenvalue weighted by Gasteiger charge is -2.27. The highest BCUT2D eigenvalue weighted by Crippen LogP contribution is 2.34. The Bertz CT molecular complexity index is 965. The number of nitrogens with zero attached hydrogens (tertiary/aromatic N) is 2. The number of imidazole rings is 1. The second kappa shape index (κ2) is 7.01. The Morgan fingerprint density at radius 2 is 1.82 bits per heavy atom. The molecule has 2 aromatic rings. The van der Waals surface area contributed by atoms with Crippen LogP contribution in [-0.2, 0) is 22.0 Å². The van der Waals surface area contributed by atoms with Crippen molar-refractivity contribution in [1.82, 2.24) is 9.55 Å². The lowest BCUT2D eigenvalue weighted by atomic mass is 9.87. The summed E-state index contributed by atoms with van der Waals surface area (Å²) in [5.74, 6) is 1.45. The predicted molar refractivity (Wildman–Crippen MR) is 111 cm³/mol. The zero-order valence-corrected chi connectivity index (χ0v) is 17.7. The average Bonchev–Trinajstić information content (AvgIpc) is 3.40. The molecule has 4 rings (SSSR count). The number of alkyl halides is 1. The summed E-state index contributed by atoms with van der Waals surface area (Å²) in [5, 5.41) is -0.253. The summed E-state index contributed by atoms with van der Waals surface area (Å²) in [6.45, 7) is 7.25. The number of rotatable bonds is 5. The summed E-state index contributed by atoms with van der Waals surface area (Å²) in [4.78, 5) is 4.87. The Morgan fingerprint density at radius 3 is 2.43 bits per heavy atom. The summed E-state index contributed by atoms with van der Waals surface area (Å²) >= 11 is 0. The normalized spacial score (nSPS) is 23.9.